The minimum Gasteiger partial charge on any atom is -0.368 e. The number of carbonyl (C=O) groups is 1. The zero-order valence-corrected chi connectivity index (χ0v) is 13.9. The summed E-state index contributed by atoms with van der Waals surface area (Å²) in [7, 11) is 0. The van der Waals surface area contributed by atoms with E-state index in [0.29, 0.717) is 37.4 Å². The van der Waals surface area contributed by atoms with Crippen molar-refractivity contribution in [1.82, 2.24) is 4.90 Å². The Labute approximate surface area is 141 Å². The predicted molar refractivity (Wildman–Crippen MR) is 88.6 cm³/mol. The van der Waals surface area contributed by atoms with E-state index in [2.05, 4.69) is 15.9 Å². The van der Waals surface area contributed by atoms with E-state index in [0.717, 1.165) is 10.5 Å². The average molecular weight is 381 g/mol. The molecular weight excluding hydrogens is 366 g/mol. The van der Waals surface area contributed by atoms with Crippen LogP contribution in [0.25, 0.3) is 0 Å². The van der Waals surface area contributed by atoms with Crippen LogP contribution in [0.1, 0.15) is 10.4 Å². The lowest BCUT2D eigenvalue weighted by molar-refractivity contribution is 0.0746. The summed E-state index contributed by atoms with van der Waals surface area (Å²) in [6, 6.07) is 11.2. The van der Waals surface area contributed by atoms with Crippen molar-refractivity contribution in [3.63, 3.8) is 0 Å². The molecule has 2 aromatic carbocycles. The van der Waals surface area contributed by atoms with Crippen LogP contribution in [0.15, 0.2) is 46.9 Å². The number of amides is 1. The van der Waals surface area contributed by atoms with Gasteiger partial charge in [-0.3, -0.25) is 4.79 Å². The lowest BCUT2D eigenvalue weighted by atomic mass is 10.1. The van der Waals surface area contributed by atoms with E-state index < -0.39 is 11.6 Å². The normalized spacial score (nSPS) is 14.9. The van der Waals surface area contributed by atoms with Crippen molar-refractivity contribution in [1.29, 1.82) is 0 Å². The molecular formula is C17H15BrF2N2O. The van der Waals surface area contributed by atoms with Crippen molar-refractivity contribution in [3.8, 4) is 0 Å². The summed E-state index contributed by atoms with van der Waals surface area (Å²) < 4.78 is 27.1. The lowest BCUT2D eigenvalue weighted by Crippen LogP contribution is -2.48. The molecule has 1 fully saturated rings. The smallest absolute Gasteiger partial charge is 0.255 e. The van der Waals surface area contributed by atoms with Crippen molar-refractivity contribution in [2.75, 3.05) is 31.1 Å². The number of benzene rings is 2. The van der Waals surface area contributed by atoms with E-state index in [1.165, 1.54) is 6.07 Å². The van der Waals surface area contributed by atoms with Crippen molar-refractivity contribution in [2.24, 2.45) is 0 Å². The highest BCUT2D eigenvalue weighted by Gasteiger charge is 2.23. The van der Waals surface area contributed by atoms with Gasteiger partial charge in [0, 0.05) is 42.4 Å². The molecule has 1 saturated heterocycles. The summed E-state index contributed by atoms with van der Waals surface area (Å²) in [6.45, 7) is 2.25. The second-order valence-electron chi connectivity index (χ2n) is 5.36. The summed E-state index contributed by atoms with van der Waals surface area (Å²) in [5.41, 5.74) is 1.27. The van der Waals surface area contributed by atoms with Gasteiger partial charge in [-0.25, -0.2) is 8.78 Å². The van der Waals surface area contributed by atoms with Crippen LogP contribution < -0.4 is 4.90 Å². The Balaban J connectivity index is 1.67. The Bertz CT molecular complexity index is 730. The fraction of sp³-hybridized carbons (Fsp3) is 0.235. The molecule has 0 aliphatic carbocycles. The maximum Gasteiger partial charge on any atom is 0.255 e. The third kappa shape index (κ3) is 3.37. The van der Waals surface area contributed by atoms with Gasteiger partial charge in [0.25, 0.3) is 5.91 Å². The van der Waals surface area contributed by atoms with Gasteiger partial charge in [0.15, 0.2) is 11.6 Å². The van der Waals surface area contributed by atoms with Crippen molar-refractivity contribution < 1.29 is 13.6 Å². The third-order valence-corrected chi connectivity index (χ3v) is 4.63. The van der Waals surface area contributed by atoms with Gasteiger partial charge in [0.2, 0.25) is 0 Å². The topological polar surface area (TPSA) is 23.6 Å². The summed E-state index contributed by atoms with van der Waals surface area (Å²) >= 11 is 3.39. The molecule has 0 N–H and O–H groups in total. The molecule has 0 radical (unpaired) electrons. The van der Waals surface area contributed by atoms with Crippen LogP contribution in [0, 0.1) is 11.6 Å². The first-order valence-corrected chi connectivity index (χ1v) is 8.09. The van der Waals surface area contributed by atoms with Crippen molar-refractivity contribution >= 4 is 27.5 Å². The summed E-state index contributed by atoms with van der Waals surface area (Å²) in [4.78, 5) is 16.3. The molecule has 1 aliphatic heterocycles. The lowest BCUT2D eigenvalue weighted by Gasteiger charge is -2.36. The first-order chi connectivity index (χ1) is 11.1. The Hall–Kier alpha value is -1.95. The standard InChI is InChI=1S/C17H15BrF2N2O/c18-14-4-2-1-3-13(14)17(23)22-9-7-21(8-10-22)12-5-6-15(19)16(20)11-12/h1-6,11H,7-10H2. The molecule has 120 valence electrons. The number of rotatable bonds is 2. The molecule has 0 aromatic heterocycles. The Morgan fingerprint density at radius 1 is 0.957 bits per heavy atom. The molecule has 0 saturated carbocycles. The van der Waals surface area contributed by atoms with Gasteiger partial charge in [-0.05, 0) is 40.2 Å². The van der Waals surface area contributed by atoms with Crippen LogP contribution in [-0.4, -0.2) is 37.0 Å². The number of anilines is 1. The number of halogens is 3. The van der Waals surface area contributed by atoms with E-state index >= 15 is 0 Å². The van der Waals surface area contributed by atoms with Crippen LogP contribution in [0.4, 0.5) is 14.5 Å². The number of carbonyl (C=O) groups excluding carboxylic acids is 1. The van der Waals surface area contributed by atoms with Crippen molar-refractivity contribution in [3.05, 3.63) is 64.1 Å². The maximum absolute atomic E-state index is 13.3. The fourth-order valence-electron chi connectivity index (χ4n) is 2.65. The SMILES string of the molecule is O=C(c1ccccc1Br)N1CCN(c2ccc(F)c(F)c2)CC1. The molecule has 23 heavy (non-hydrogen) atoms. The molecule has 2 aromatic rings. The first kappa shape index (κ1) is 15.9. The molecule has 3 nitrogen and oxygen atoms in total. The second kappa shape index (κ2) is 6.66. The summed E-state index contributed by atoms with van der Waals surface area (Å²) in [6.07, 6.45) is 0. The molecule has 6 heteroatoms. The minimum absolute atomic E-state index is 0.0255. The van der Waals surface area contributed by atoms with Gasteiger partial charge in [0.1, 0.15) is 0 Å². The quantitative estimate of drug-likeness (QED) is 0.792. The van der Waals surface area contributed by atoms with Crippen LogP contribution >= 0.6 is 15.9 Å². The van der Waals surface area contributed by atoms with Crippen molar-refractivity contribution in [2.45, 2.75) is 0 Å². The van der Waals surface area contributed by atoms with E-state index in [1.807, 2.05) is 23.1 Å². The number of nitrogens with zero attached hydrogens (tertiary/aromatic N) is 2. The maximum atomic E-state index is 13.3. The molecule has 1 aliphatic rings. The van der Waals surface area contributed by atoms with Gasteiger partial charge >= 0.3 is 0 Å². The number of hydrogen-bond donors (Lipinski definition) is 0. The molecule has 1 amide bonds. The number of hydrogen-bond acceptors (Lipinski definition) is 2. The molecule has 0 bridgehead atoms. The summed E-state index contributed by atoms with van der Waals surface area (Å²) in [5, 5.41) is 0. The first-order valence-electron chi connectivity index (χ1n) is 7.30. The number of piperazine rings is 1. The molecule has 1 heterocycles. The minimum atomic E-state index is -0.853. The molecule has 0 unspecified atom stereocenters. The largest absolute Gasteiger partial charge is 0.368 e. The van der Waals surface area contributed by atoms with E-state index in [4.69, 9.17) is 0 Å². The van der Waals surface area contributed by atoms with E-state index in [1.54, 1.807) is 17.0 Å². The summed E-state index contributed by atoms with van der Waals surface area (Å²) in [5.74, 6) is -1.73. The molecule has 0 atom stereocenters. The predicted octanol–water partition coefficient (Wildman–Crippen LogP) is 3.69. The van der Waals surface area contributed by atoms with Gasteiger partial charge in [-0.2, -0.15) is 0 Å². The van der Waals surface area contributed by atoms with Crippen LogP contribution in [0.5, 0.6) is 0 Å². The zero-order valence-electron chi connectivity index (χ0n) is 12.3. The Kier molecular flexibility index (Phi) is 4.61. The molecule has 3 rings (SSSR count). The average Bonchev–Trinajstić information content (AvgIpc) is 2.57. The second-order valence-corrected chi connectivity index (χ2v) is 6.21. The van der Waals surface area contributed by atoms with Crippen LogP contribution in [-0.2, 0) is 0 Å². The highest BCUT2D eigenvalue weighted by molar-refractivity contribution is 9.10. The van der Waals surface area contributed by atoms with E-state index in [9.17, 15) is 13.6 Å². The van der Waals surface area contributed by atoms with E-state index in [-0.39, 0.29) is 5.91 Å². The van der Waals surface area contributed by atoms with Crippen LogP contribution in [0.3, 0.4) is 0 Å². The molecule has 0 spiro atoms. The zero-order chi connectivity index (χ0) is 16.4. The van der Waals surface area contributed by atoms with Crippen LogP contribution in [0.2, 0.25) is 0 Å². The Morgan fingerprint density at radius 2 is 1.65 bits per heavy atom. The monoisotopic (exact) mass is 380 g/mol. The van der Waals surface area contributed by atoms with Gasteiger partial charge < -0.3 is 9.80 Å². The highest BCUT2D eigenvalue weighted by atomic mass is 79.9. The fourth-order valence-corrected chi connectivity index (χ4v) is 3.11. The van der Waals surface area contributed by atoms with Gasteiger partial charge in [-0.15, -0.1) is 0 Å². The third-order valence-electron chi connectivity index (χ3n) is 3.94. The van der Waals surface area contributed by atoms with Gasteiger partial charge in [0.05, 0.1) is 5.56 Å². The highest BCUT2D eigenvalue weighted by Crippen LogP contribution is 2.22. The Morgan fingerprint density at radius 3 is 2.30 bits per heavy atom. The van der Waals surface area contributed by atoms with Gasteiger partial charge in [-0.1, -0.05) is 12.1 Å².